The fraction of sp³-hybridized carbons (Fsp3) is 0.467. The van der Waals surface area contributed by atoms with Crippen LogP contribution >= 0.6 is 0 Å². The van der Waals surface area contributed by atoms with E-state index in [0.717, 1.165) is 23.5 Å². The summed E-state index contributed by atoms with van der Waals surface area (Å²) in [5, 5.41) is 14.7. The van der Waals surface area contributed by atoms with Gasteiger partial charge in [-0.05, 0) is 27.9 Å². The Kier molecular flexibility index (Phi) is 4.52. The molecule has 0 radical (unpaired) electrons. The van der Waals surface area contributed by atoms with Crippen molar-refractivity contribution in [1.29, 1.82) is 0 Å². The van der Waals surface area contributed by atoms with Gasteiger partial charge in [-0.2, -0.15) is 15.4 Å². The first-order valence-corrected chi connectivity index (χ1v) is 6.84. The highest BCUT2D eigenvalue weighted by molar-refractivity contribution is 5.60. The van der Waals surface area contributed by atoms with Crippen LogP contribution in [0.2, 0.25) is 0 Å². The minimum absolute atomic E-state index is 0.108. The Morgan fingerprint density at radius 1 is 1.15 bits per heavy atom. The second-order valence-electron chi connectivity index (χ2n) is 5.80. The maximum atomic E-state index is 4.25. The first kappa shape index (κ1) is 14.7. The van der Waals surface area contributed by atoms with Crippen molar-refractivity contribution >= 4 is 0 Å². The summed E-state index contributed by atoms with van der Waals surface area (Å²) < 4.78 is 0. The number of hydrogen-bond donors (Lipinski definition) is 2. The van der Waals surface area contributed by atoms with Crippen LogP contribution in [-0.4, -0.2) is 46.5 Å². The molecule has 0 aliphatic rings. The Labute approximate surface area is 120 Å². The van der Waals surface area contributed by atoms with Gasteiger partial charge < -0.3 is 10.2 Å². The van der Waals surface area contributed by atoms with Gasteiger partial charge in [0.2, 0.25) is 0 Å². The summed E-state index contributed by atoms with van der Waals surface area (Å²) in [5.74, 6) is 0. The summed E-state index contributed by atoms with van der Waals surface area (Å²) in [4.78, 5) is 2.21. The molecule has 5 heteroatoms. The van der Waals surface area contributed by atoms with Crippen molar-refractivity contribution in [3.63, 3.8) is 0 Å². The number of benzene rings is 1. The maximum absolute atomic E-state index is 4.25. The van der Waals surface area contributed by atoms with Crippen molar-refractivity contribution in [1.82, 2.24) is 25.6 Å². The summed E-state index contributed by atoms with van der Waals surface area (Å²) >= 11 is 0. The average Bonchev–Trinajstić information content (AvgIpc) is 2.88. The van der Waals surface area contributed by atoms with Gasteiger partial charge in [0.15, 0.2) is 0 Å². The van der Waals surface area contributed by atoms with Crippen LogP contribution in [0.25, 0.3) is 11.3 Å². The molecule has 1 heterocycles. The van der Waals surface area contributed by atoms with E-state index in [1.807, 2.05) is 30.3 Å². The second-order valence-corrected chi connectivity index (χ2v) is 5.80. The van der Waals surface area contributed by atoms with Gasteiger partial charge in [0, 0.05) is 24.2 Å². The molecule has 20 heavy (non-hydrogen) atoms. The van der Waals surface area contributed by atoms with Gasteiger partial charge in [-0.15, -0.1) is 0 Å². The quantitative estimate of drug-likeness (QED) is 0.844. The third-order valence-corrected chi connectivity index (χ3v) is 3.73. The molecule has 2 N–H and O–H groups in total. The number of nitrogens with zero attached hydrogens (tertiary/aromatic N) is 3. The summed E-state index contributed by atoms with van der Waals surface area (Å²) in [5.41, 5.74) is 3.06. The molecule has 0 aliphatic carbocycles. The van der Waals surface area contributed by atoms with Crippen molar-refractivity contribution in [2.45, 2.75) is 25.9 Å². The van der Waals surface area contributed by atoms with E-state index in [4.69, 9.17) is 0 Å². The summed E-state index contributed by atoms with van der Waals surface area (Å²) in [7, 11) is 4.18. The lowest BCUT2D eigenvalue weighted by Gasteiger charge is -2.32. The van der Waals surface area contributed by atoms with Gasteiger partial charge in [0.25, 0.3) is 0 Å². The molecule has 0 saturated heterocycles. The number of hydrogen-bond acceptors (Lipinski definition) is 4. The minimum Gasteiger partial charge on any atom is -0.309 e. The molecular weight excluding hydrogens is 250 g/mol. The van der Waals surface area contributed by atoms with E-state index in [0.29, 0.717) is 6.54 Å². The number of aromatic nitrogens is 3. The molecular formula is C15H23N5. The zero-order chi connectivity index (χ0) is 14.6. The van der Waals surface area contributed by atoms with Crippen LogP contribution in [0, 0.1) is 0 Å². The molecule has 0 atom stereocenters. The maximum Gasteiger partial charge on any atom is 0.117 e. The van der Waals surface area contributed by atoms with Crippen LogP contribution in [0.15, 0.2) is 30.3 Å². The zero-order valence-corrected chi connectivity index (χ0v) is 12.6. The average molecular weight is 273 g/mol. The van der Waals surface area contributed by atoms with Crippen LogP contribution in [0.1, 0.15) is 19.5 Å². The third-order valence-electron chi connectivity index (χ3n) is 3.73. The Morgan fingerprint density at radius 2 is 1.85 bits per heavy atom. The lowest BCUT2D eigenvalue weighted by molar-refractivity contribution is 0.189. The SMILES string of the molecule is CN(C)C(C)(C)CNCc1n[nH]nc1-c1ccccc1. The number of nitrogens with one attached hydrogen (secondary N) is 2. The molecule has 5 nitrogen and oxygen atoms in total. The minimum atomic E-state index is 0.108. The van der Waals surface area contributed by atoms with Gasteiger partial charge in [-0.1, -0.05) is 30.3 Å². The molecule has 1 aromatic carbocycles. The molecule has 0 aliphatic heterocycles. The Balaban J connectivity index is 2.00. The summed E-state index contributed by atoms with van der Waals surface area (Å²) in [6.07, 6.45) is 0. The molecule has 2 aromatic rings. The lowest BCUT2D eigenvalue weighted by atomic mass is 10.0. The highest BCUT2D eigenvalue weighted by Gasteiger charge is 2.20. The van der Waals surface area contributed by atoms with Gasteiger partial charge in [0.1, 0.15) is 11.4 Å². The van der Waals surface area contributed by atoms with E-state index >= 15 is 0 Å². The smallest absolute Gasteiger partial charge is 0.117 e. The topological polar surface area (TPSA) is 56.8 Å². The highest BCUT2D eigenvalue weighted by atomic mass is 15.3. The molecule has 0 saturated carbocycles. The second kappa shape index (κ2) is 6.15. The molecule has 2 rings (SSSR count). The van der Waals surface area contributed by atoms with E-state index in [9.17, 15) is 0 Å². The molecule has 0 fully saturated rings. The standard InChI is InChI=1S/C15H23N5/c1-15(2,20(3)4)11-16-10-13-14(18-19-17-13)12-8-6-5-7-9-12/h5-9,16H,10-11H2,1-4H3,(H,17,18,19). The van der Waals surface area contributed by atoms with E-state index in [1.165, 1.54) is 0 Å². The van der Waals surface area contributed by atoms with Crippen LogP contribution in [0.4, 0.5) is 0 Å². The molecule has 0 unspecified atom stereocenters. The van der Waals surface area contributed by atoms with Crippen LogP contribution in [0.5, 0.6) is 0 Å². The molecule has 0 spiro atoms. The largest absolute Gasteiger partial charge is 0.309 e. The highest BCUT2D eigenvalue weighted by Crippen LogP contribution is 2.18. The van der Waals surface area contributed by atoms with Crippen molar-refractivity contribution in [2.24, 2.45) is 0 Å². The Hall–Kier alpha value is -1.72. The number of H-pyrrole nitrogens is 1. The normalized spacial score (nSPS) is 12.1. The van der Waals surface area contributed by atoms with Crippen LogP contribution in [0.3, 0.4) is 0 Å². The first-order valence-electron chi connectivity index (χ1n) is 6.84. The Morgan fingerprint density at radius 3 is 2.50 bits per heavy atom. The van der Waals surface area contributed by atoms with Gasteiger partial charge in [0.05, 0.1) is 0 Å². The first-order chi connectivity index (χ1) is 9.50. The predicted octanol–water partition coefficient (Wildman–Crippen LogP) is 1.90. The number of aromatic amines is 1. The van der Waals surface area contributed by atoms with Crippen LogP contribution < -0.4 is 5.32 Å². The molecule has 0 amide bonds. The fourth-order valence-electron chi connectivity index (χ4n) is 1.85. The van der Waals surface area contributed by atoms with Gasteiger partial charge >= 0.3 is 0 Å². The fourth-order valence-corrected chi connectivity index (χ4v) is 1.85. The number of likely N-dealkylation sites (N-methyl/N-ethyl adjacent to an activating group) is 1. The van der Waals surface area contributed by atoms with E-state index in [1.54, 1.807) is 0 Å². The van der Waals surface area contributed by atoms with Gasteiger partial charge in [-0.25, -0.2) is 0 Å². The van der Waals surface area contributed by atoms with Crippen molar-refractivity contribution in [2.75, 3.05) is 20.6 Å². The van der Waals surface area contributed by atoms with Crippen molar-refractivity contribution in [3.8, 4) is 11.3 Å². The zero-order valence-electron chi connectivity index (χ0n) is 12.6. The predicted molar refractivity (Wildman–Crippen MR) is 81.3 cm³/mol. The van der Waals surface area contributed by atoms with Crippen LogP contribution in [-0.2, 0) is 6.54 Å². The van der Waals surface area contributed by atoms with E-state index in [-0.39, 0.29) is 5.54 Å². The van der Waals surface area contributed by atoms with Crippen molar-refractivity contribution in [3.05, 3.63) is 36.0 Å². The molecule has 0 bridgehead atoms. The third kappa shape index (κ3) is 3.43. The lowest BCUT2D eigenvalue weighted by Crippen LogP contribution is -2.46. The Bertz CT molecular complexity index is 530. The van der Waals surface area contributed by atoms with E-state index < -0.39 is 0 Å². The number of rotatable bonds is 6. The van der Waals surface area contributed by atoms with Gasteiger partial charge in [-0.3, -0.25) is 0 Å². The summed E-state index contributed by atoms with van der Waals surface area (Å²) in [6, 6.07) is 10.1. The van der Waals surface area contributed by atoms with E-state index in [2.05, 4.69) is 53.6 Å². The molecule has 1 aromatic heterocycles. The summed E-state index contributed by atoms with van der Waals surface area (Å²) in [6.45, 7) is 6.01. The van der Waals surface area contributed by atoms with Crippen molar-refractivity contribution < 1.29 is 0 Å². The monoisotopic (exact) mass is 273 g/mol. The molecule has 108 valence electrons.